The van der Waals surface area contributed by atoms with E-state index in [0.717, 1.165) is 30.0 Å². The highest BCUT2D eigenvalue weighted by Crippen LogP contribution is 2.24. The summed E-state index contributed by atoms with van der Waals surface area (Å²) >= 11 is 0. The van der Waals surface area contributed by atoms with Gasteiger partial charge in [0.1, 0.15) is 11.8 Å². The van der Waals surface area contributed by atoms with E-state index in [1.54, 1.807) is 6.92 Å². The summed E-state index contributed by atoms with van der Waals surface area (Å²) in [6.07, 6.45) is -0.415. The molecule has 0 fully saturated rings. The average molecular weight is 218 g/mol. The zero-order valence-electron chi connectivity index (χ0n) is 10.1. The van der Waals surface area contributed by atoms with Crippen molar-refractivity contribution < 1.29 is 4.74 Å². The lowest BCUT2D eigenvalue weighted by molar-refractivity contribution is 0.271. The summed E-state index contributed by atoms with van der Waals surface area (Å²) in [6.45, 7) is 7.50. The number of hydrogen-bond acceptors (Lipinski definition) is 3. The fourth-order valence-corrected chi connectivity index (χ4v) is 1.48. The first-order valence-corrected chi connectivity index (χ1v) is 5.54. The van der Waals surface area contributed by atoms with Gasteiger partial charge in [-0.15, -0.1) is 0 Å². The Morgan fingerprint density at radius 1 is 1.50 bits per heavy atom. The summed E-state index contributed by atoms with van der Waals surface area (Å²) < 4.78 is 5.62. The molecule has 0 amide bonds. The van der Waals surface area contributed by atoms with E-state index < -0.39 is 6.10 Å². The second kappa shape index (κ2) is 6.14. The van der Waals surface area contributed by atoms with Gasteiger partial charge in [0.15, 0.2) is 6.10 Å². The standard InChI is InChI=1S/C13H18N2O/c1-4-15-9-12-7-5-6-10(2)13(12)16-11(3)8-14/h5-7,11,15H,4,9H2,1-3H3. The molecule has 3 nitrogen and oxygen atoms in total. The van der Waals surface area contributed by atoms with Crippen LogP contribution in [-0.2, 0) is 6.54 Å². The summed E-state index contributed by atoms with van der Waals surface area (Å²) in [4.78, 5) is 0. The van der Waals surface area contributed by atoms with Crippen molar-refractivity contribution >= 4 is 0 Å². The maximum absolute atomic E-state index is 8.76. The lowest BCUT2D eigenvalue weighted by Gasteiger charge is -2.15. The van der Waals surface area contributed by atoms with Gasteiger partial charge in [-0.2, -0.15) is 5.26 Å². The lowest BCUT2D eigenvalue weighted by atomic mass is 10.1. The van der Waals surface area contributed by atoms with Gasteiger partial charge < -0.3 is 10.1 Å². The van der Waals surface area contributed by atoms with E-state index in [-0.39, 0.29) is 0 Å². The first-order chi connectivity index (χ1) is 7.69. The molecule has 0 spiro atoms. The maximum Gasteiger partial charge on any atom is 0.181 e. The van der Waals surface area contributed by atoms with Crippen molar-refractivity contribution in [1.82, 2.24) is 5.32 Å². The van der Waals surface area contributed by atoms with Gasteiger partial charge >= 0.3 is 0 Å². The topological polar surface area (TPSA) is 45.0 Å². The molecule has 86 valence electrons. The minimum atomic E-state index is -0.415. The molecular weight excluding hydrogens is 200 g/mol. The van der Waals surface area contributed by atoms with Crippen molar-refractivity contribution in [3.63, 3.8) is 0 Å². The van der Waals surface area contributed by atoms with E-state index in [1.807, 2.05) is 25.1 Å². The third kappa shape index (κ3) is 3.25. The Morgan fingerprint density at radius 3 is 2.88 bits per heavy atom. The van der Waals surface area contributed by atoms with Crippen molar-refractivity contribution in [2.75, 3.05) is 6.54 Å². The van der Waals surface area contributed by atoms with E-state index in [1.165, 1.54) is 0 Å². The smallest absolute Gasteiger partial charge is 0.181 e. The molecule has 0 aliphatic heterocycles. The first-order valence-electron chi connectivity index (χ1n) is 5.54. The van der Waals surface area contributed by atoms with E-state index in [2.05, 4.69) is 18.3 Å². The summed E-state index contributed by atoms with van der Waals surface area (Å²) in [5, 5.41) is 12.0. The highest BCUT2D eigenvalue weighted by molar-refractivity contribution is 5.41. The number of ether oxygens (including phenoxy) is 1. The Bertz CT molecular complexity index is 382. The van der Waals surface area contributed by atoms with E-state index >= 15 is 0 Å². The largest absolute Gasteiger partial charge is 0.475 e. The van der Waals surface area contributed by atoms with Crippen molar-refractivity contribution in [2.45, 2.75) is 33.4 Å². The van der Waals surface area contributed by atoms with E-state index in [0.29, 0.717) is 0 Å². The quantitative estimate of drug-likeness (QED) is 0.825. The van der Waals surface area contributed by atoms with Gasteiger partial charge in [0.25, 0.3) is 0 Å². The molecule has 0 saturated heterocycles. The van der Waals surface area contributed by atoms with Crippen LogP contribution in [-0.4, -0.2) is 12.6 Å². The van der Waals surface area contributed by atoms with Gasteiger partial charge in [0.2, 0.25) is 0 Å². The van der Waals surface area contributed by atoms with Gasteiger partial charge in [0.05, 0.1) is 0 Å². The van der Waals surface area contributed by atoms with Gasteiger partial charge in [-0.3, -0.25) is 0 Å². The van der Waals surface area contributed by atoms with Crippen LogP contribution >= 0.6 is 0 Å². The van der Waals surface area contributed by atoms with E-state index in [4.69, 9.17) is 10.00 Å². The Kier molecular flexibility index (Phi) is 4.81. The maximum atomic E-state index is 8.76. The van der Waals surface area contributed by atoms with Gasteiger partial charge in [-0.25, -0.2) is 0 Å². The van der Waals surface area contributed by atoms with Crippen molar-refractivity contribution in [3.05, 3.63) is 29.3 Å². The molecule has 0 heterocycles. The molecule has 1 aromatic rings. The van der Waals surface area contributed by atoms with Gasteiger partial charge in [-0.1, -0.05) is 25.1 Å². The van der Waals surface area contributed by atoms with Gasteiger partial charge in [-0.05, 0) is 26.0 Å². The fourth-order valence-electron chi connectivity index (χ4n) is 1.48. The predicted molar refractivity (Wildman–Crippen MR) is 64.3 cm³/mol. The molecule has 1 aromatic carbocycles. The number of hydrogen-bond donors (Lipinski definition) is 1. The Balaban J connectivity index is 2.90. The molecule has 1 rings (SSSR count). The molecule has 0 aromatic heterocycles. The molecule has 1 atom stereocenters. The molecule has 0 radical (unpaired) electrons. The van der Waals surface area contributed by atoms with Crippen LogP contribution < -0.4 is 10.1 Å². The molecular formula is C13H18N2O. The van der Waals surface area contributed by atoms with Crippen LogP contribution in [0, 0.1) is 18.3 Å². The Labute approximate surface area is 97.0 Å². The zero-order valence-corrected chi connectivity index (χ0v) is 10.1. The second-order valence-electron chi connectivity index (χ2n) is 3.73. The summed E-state index contributed by atoms with van der Waals surface area (Å²) in [7, 11) is 0. The van der Waals surface area contributed by atoms with Crippen molar-refractivity contribution in [2.24, 2.45) is 0 Å². The fraction of sp³-hybridized carbons (Fsp3) is 0.462. The molecule has 16 heavy (non-hydrogen) atoms. The Morgan fingerprint density at radius 2 is 2.25 bits per heavy atom. The van der Waals surface area contributed by atoms with Crippen molar-refractivity contribution in [1.29, 1.82) is 5.26 Å². The van der Waals surface area contributed by atoms with Crippen molar-refractivity contribution in [3.8, 4) is 11.8 Å². The number of nitrogens with zero attached hydrogens (tertiary/aromatic N) is 1. The van der Waals surface area contributed by atoms with Crippen LogP contribution in [0.15, 0.2) is 18.2 Å². The monoisotopic (exact) mass is 218 g/mol. The number of nitrogens with one attached hydrogen (secondary N) is 1. The molecule has 0 bridgehead atoms. The first kappa shape index (κ1) is 12.5. The second-order valence-corrected chi connectivity index (χ2v) is 3.73. The normalized spacial score (nSPS) is 11.9. The highest BCUT2D eigenvalue weighted by Gasteiger charge is 2.09. The van der Waals surface area contributed by atoms with Gasteiger partial charge in [0, 0.05) is 12.1 Å². The lowest BCUT2D eigenvalue weighted by Crippen LogP contribution is -2.16. The van der Waals surface area contributed by atoms with Crippen LogP contribution in [0.2, 0.25) is 0 Å². The minimum Gasteiger partial charge on any atom is -0.475 e. The van der Waals surface area contributed by atoms with Crippen LogP contribution in [0.3, 0.4) is 0 Å². The number of aryl methyl sites for hydroxylation is 1. The molecule has 0 aliphatic rings. The van der Waals surface area contributed by atoms with E-state index in [9.17, 15) is 0 Å². The summed E-state index contributed by atoms with van der Waals surface area (Å²) in [5.41, 5.74) is 2.17. The van der Waals surface area contributed by atoms with Crippen LogP contribution in [0.5, 0.6) is 5.75 Å². The molecule has 0 aliphatic carbocycles. The number of rotatable bonds is 5. The Hall–Kier alpha value is -1.53. The SMILES string of the molecule is CCNCc1cccc(C)c1OC(C)C#N. The third-order valence-electron chi connectivity index (χ3n) is 2.34. The predicted octanol–water partition coefficient (Wildman–Crippen LogP) is 2.40. The number of benzene rings is 1. The third-order valence-corrected chi connectivity index (χ3v) is 2.34. The molecule has 3 heteroatoms. The number of para-hydroxylation sites is 1. The minimum absolute atomic E-state index is 0.415. The zero-order chi connectivity index (χ0) is 12.0. The number of nitriles is 1. The highest BCUT2D eigenvalue weighted by atomic mass is 16.5. The van der Waals surface area contributed by atoms with Crippen LogP contribution in [0.1, 0.15) is 25.0 Å². The average Bonchev–Trinajstić information content (AvgIpc) is 2.29. The summed E-state index contributed by atoms with van der Waals surface area (Å²) in [6, 6.07) is 8.10. The van der Waals surface area contributed by atoms with Crippen LogP contribution in [0.25, 0.3) is 0 Å². The van der Waals surface area contributed by atoms with Crippen LogP contribution in [0.4, 0.5) is 0 Å². The molecule has 1 N–H and O–H groups in total. The summed E-state index contributed by atoms with van der Waals surface area (Å²) in [5.74, 6) is 0.831. The molecule has 0 saturated carbocycles. The molecule has 1 unspecified atom stereocenters.